The highest BCUT2D eigenvalue weighted by atomic mass is 16.3. The number of hydrogen-bond acceptors (Lipinski definition) is 3. The zero-order valence-electron chi connectivity index (χ0n) is 12.1. The van der Waals surface area contributed by atoms with Crippen molar-refractivity contribution in [1.82, 2.24) is 4.90 Å². The van der Waals surface area contributed by atoms with E-state index in [0.717, 1.165) is 11.1 Å². The van der Waals surface area contributed by atoms with Crippen LogP contribution in [0.5, 0.6) is 5.75 Å². The molecular weight excluding hydrogens is 264 g/mol. The molecule has 4 nitrogen and oxygen atoms in total. The molecule has 3 N–H and O–H groups in total. The first-order chi connectivity index (χ1) is 10.1. The minimum Gasteiger partial charge on any atom is -0.508 e. The molecule has 2 aromatic rings. The number of carbonyl (C=O) groups is 1. The first-order valence-electron chi connectivity index (χ1n) is 6.94. The van der Waals surface area contributed by atoms with Crippen molar-refractivity contribution < 1.29 is 9.90 Å². The Morgan fingerprint density at radius 1 is 1.19 bits per heavy atom. The lowest BCUT2D eigenvalue weighted by atomic mass is 10.1. The Kier molecular flexibility index (Phi) is 4.95. The van der Waals surface area contributed by atoms with Crippen LogP contribution in [-0.4, -0.2) is 29.0 Å². The molecule has 2 rings (SSSR count). The predicted molar refractivity (Wildman–Crippen MR) is 83.1 cm³/mol. The molecule has 0 saturated carbocycles. The lowest BCUT2D eigenvalue weighted by Crippen LogP contribution is -2.34. The van der Waals surface area contributed by atoms with E-state index >= 15 is 0 Å². The Morgan fingerprint density at radius 2 is 1.90 bits per heavy atom. The van der Waals surface area contributed by atoms with Gasteiger partial charge in [-0.1, -0.05) is 36.4 Å². The maximum Gasteiger partial charge on any atom is 0.254 e. The van der Waals surface area contributed by atoms with Gasteiger partial charge in [-0.2, -0.15) is 0 Å². The van der Waals surface area contributed by atoms with Crippen molar-refractivity contribution in [3.8, 4) is 5.75 Å². The van der Waals surface area contributed by atoms with Crippen molar-refractivity contribution in [2.45, 2.75) is 13.5 Å². The zero-order chi connectivity index (χ0) is 15.2. The summed E-state index contributed by atoms with van der Waals surface area (Å²) >= 11 is 0. The molecule has 0 unspecified atom stereocenters. The number of phenolic OH excluding ortho intramolecular Hbond substituents is 1. The van der Waals surface area contributed by atoms with Gasteiger partial charge in [-0.3, -0.25) is 4.79 Å². The molecular formula is C17H20N2O2. The van der Waals surface area contributed by atoms with Gasteiger partial charge in [0.2, 0.25) is 0 Å². The number of carbonyl (C=O) groups excluding carboxylic acids is 1. The van der Waals surface area contributed by atoms with Gasteiger partial charge in [-0.05, 0) is 30.2 Å². The van der Waals surface area contributed by atoms with Crippen LogP contribution >= 0.6 is 0 Å². The fraction of sp³-hybridized carbons (Fsp3) is 0.235. The number of benzene rings is 2. The van der Waals surface area contributed by atoms with Gasteiger partial charge >= 0.3 is 0 Å². The zero-order valence-corrected chi connectivity index (χ0v) is 12.1. The van der Waals surface area contributed by atoms with Crippen LogP contribution in [-0.2, 0) is 6.54 Å². The summed E-state index contributed by atoms with van der Waals surface area (Å²) in [4.78, 5) is 14.3. The minimum absolute atomic E-state index is 0.125. The average Bonchev–Trinajstić information content (AvgIpc) is 2.50. The third-order valence-corrected chi connectivity index (χ3v) is 3.36. The molecule has 0 aliphatic rings. The molecule has 0 saturated heterocycles. The number of amides is 1. The molecule has 110 valence electrons. The predicted octanol–water partition coefficient (Wildman–Crippen LogP) is 2.30. The molecule has 0 aliphatic carbocycles. The van der Waals surface area contributed by atoms with E-state index in [2.05, 4.69) is 0 Å². The van der Waals surface area contributed by atoms with Crippen molar-refractivity contribution in [3.63, 3.8) is 0 Å². The summed E-state index contributed by atoms with van der Waals surface area (Å²) in [6.45, 7) is 3.18. The van der Waals surface area contributed by atoms with Crippen LogP contribution in [0.2, 0.25) is 0 Å². The summed E-state index contributed by atoms with van der Waals surface area (Å²) in [5.41, 5.74) is 7.89. The summed E-state index contributed by atoms with van der Waals surface area (Å²) in [6.07, 6.45) is 0. The van der Waals surface area contributed by atoms with Gasteiger partial charge < -0.3 is 15.7 Å². The van der Waals surface area contributed by atoms with Crippen molar-refractivity contribution in [2.75, 3.05) is 13.1 Å². The second kappa shape index (κ2) is 6.90. The third kappa shape index (κ3) is 3.83. The van der Waals surface area contributed by atoms with Gasteiger partial charge in [-0.25, -0.2) is 0 Å². The second-order valence-corrected chi connectivity index (χ2v) is 5.00. The number of aryl methyl sites for hydroxylation is 1. The van der Waals surface area contributed by atoms with Crippen molar-refractivity contribution >= 4 is 5.91 Å². The van der Waals surface area contributed by atoms with Crippen LogP contribution in [0.25, 0.3) is 0 Å². The molecule has 0 aliphatic heterocycles. The average molecular weight is 284 g/mol. The first kappa shape index (κ1) is 15.1. The summed E-state index contributed by atoms with van der Waals surface area (Å²) in [7, 11) is 0. The highest BCUT2D eigenvalue weighted by Gasteiger charge is 2.16. The number of hydrogen-bond donors (Lipinski definition) is 2. The van der Waals surface area contributed by atoms with Crippen LogP contribution in [0.3, 0.4) is 0 Å². The van der Waals surface area contributed by atoms with E-state index < -0.39 is 0 Å². The molecule has 0 aromatic heterocycles. The molecule has 0 fully saturated rings. The SMILES string of the molecule is Cc1ccc(C(=O)N(CCN)Cc2ccccc2)cc1O. The quantitative estimate of drug-likeness (QED) is 0.885. The lowest BCUT2D eigenvalue weighted by molar-refractivity contribution is 0.0748. The molecule has 21 heavy (non-hydrogen) atoms. The first-order valence-corrected chi connectivity index (χ1v) is 6.94. The van der Waals surface area contributed by atoms with Gasteiger partial charge in [0.15, 0.2) is 0 Å². The van der Waals surface area contributed by atoms with Crippen LogP contribution < -0.4 is 5.73 Å². The van der Waals surface area contributed by atoms with Crippen LogP contribution in [0.15, 0.2) is 48.5 Å². The summed E-state index contributed by atoms with van der Waals surface area (Å²) in [5.74, 6) is 0.00728. The molecule has 0 radical (unpaired) electrons. The molecule has 4 heteroatoms. The van der Waals surface area contributed by atoms with E-state index in [1.807, 2.05) is 30.3 Å². The van der Waals surface area contributed by atoms with Crippen LogP contribution in [0.4, 0.5) is 0 Å². The normalized spacial score (nSPS) is 10.4. The maximum absolute atomic E-state index is 12.6. The van der Waals surface area contributed by atoms with Crippen LogP contribution in [0, 0.1) is 6.92 Å². The largest absolute Gasteiger partial charge is 0.508 e. The molecule has 0 heterocycles. The van der Waals surface area contributed by atoms with Crippen LogP contribution in [0.1, 0.15) is 21.5 Å². The number of phenols is 1. The minimum atomic E-state index is -0.125. The standard InChI is InChI=1S/C17H20N2O2/c1-13-7-8-15(11-16(13)20)17(21)19(10-9-18)12-14-5-3-2-4-6-14/h2-8,11,20H,9-10,12,18H2,1H3. The summed E-state index contributed by atoms with van der Waals surface area (Å²) < 4.78 is 0. The van der Waals surface area contributed by atoms with Crippen molar-refractivity contribution in [3.05, 3.63) is 65.2 Å². The molecule has 0 spiro atoms. The van der Waals surface area contributed by atoms with E-state index in [1.165, 1.54) is 6.07 Å². The van der Waals surface area contributed by atoms with E-state index in [4.69, 9.17) is 5.73 Å². The number of nitrogens with zero attached hydrogens (tertiary/aromatic N) is 1. The van der Waals surface area contributed by atoms with Gasteiger partial charge in [0.25, 0.3) is 5.91 Å². The fourth-order valence-electron chi connectivity index (χ4n) is 2.14. The van der Waals surface area contributed by atoms with Gasteiger partial charge in [-0.15, -0.1) is 0 Å². The highest BCUT2D eigenvalue weighted by Crippen LogP contribution is 2.19. The Morgan fingerprint density at radius 3 is 2.52 bits per heavy atom. The third-order valence-electron chi connectivity index (χ3n) is 3.36. The molecule has 2 aromatic carbocycles. The summed E-state index contributed by atoms with van der Waals surface area (Å²) in [6, 6.07) is 14.8. The Balaban J connectivity index is 2.20. The van der Waals surface area contributed by atoms with E-state index in [-0.39, 0.29) is 11.7 Å². The lowest BCUT2D eigenvalue weighted by Gasteiger charge is -2.22. The second-order valence-electron chi connectivity index (χ2n) is 5.00. The molecule has 0 bridgehead atoms. The van der Waals surface area contributed by atoms with Gasteiger partial charge in [0.05, 0.1) is 0 Å². The van der Waals surface area contributed by atoms with Crippen molar-refractivity contribution in [1.29, 1.82) is 0 Å². The van der Waals surface area contributed by atoms with E-state index in [1.54, 1.807) is 24.0 Å². The van der Waals surface area contributed by atoms with Gasteiger partial charge in [0.1, 0.15) is 5.75 Å². The highest BCUT2D eigenvalue weighted by molar-refractivity contribution is 5.94. The summed E-state index contributed by atoms with van der Waals surface area (Å²) in [5, 5.41) is 9.75. The molecule has 1 amide bonds. The van der Waals surface area contributed by atoms with E-state index in [9.17, 15) is 9.90 Å². The number of aromatic hydroxyl groups is 1. The number of nitrogens with two attached hydrogens (primary N) is 1. The Hall–Kier alpha value is -2.33. The topological polar surface area (TPSA) is 66.6 Å². The molecule has 0 atom stereocenters. The maximum atomic E-state index is 12.6. The fourth-order valence-corrected chi connectivity index (χ4v) is 2.14. The smallest absolute Gasteiger partial charge is 0.254 e. The van der Waals surface area contributed by atoms with Crippen molar-refractivity contribution in [2.24, 2.45) is 5.73 Å². The Labute approximate surface area is 124 Å². The monoisotopic (exact) mass is 284 g/mol. The van der Waals surface area contributed by atoms with E-state index in [0.29, 0.717) is 25.2 Å². The number of rotatable bonds is 5. The van der Waals surface area contributed by atoms with Gasteiger partial charge in [0, 0.05) is 25.2 Å². The Bertz CT molecular complexity index is 611.